The van der Waals surface area contributed by atoms with Gasteiger partial charge in [-0.1, -0.05) is 120 Å². The van der Waals surface area contributed by atoms with Crippen LogP contribution in [0, 0.1) is 41.2 Å². The Morgan fingerprint density at radius 3 is 1.15 bits per heavy atom. The molecule has 0 atom stereocenters. The van der Waals surface area contributed by atoms with Crippen LogP contribution in [-0.2, 0) is 38.0 Å². The third-order valence-corrected chi connectivity index (χ3v) is 22.6. The number of thiophene rings is 1. The Morgan fingerprint density at radius 1 is 0.440 bits per heavy atom. The average molecular weight is 1740 g/mol. The molecule has 3 amide bonds. The Balaban J connectivity index is 0.000000143. The molecule has 125 heavy (non-hydrogen) atoms. The molecule has 0 N–H and O–H groups in total. The highest BCUT2D eigenvalue weighted by molar-refractivity contribution is 7.12. The smallest absolute Gasteiger partial charge is 0.406 e. The molecule has 12 aromatic rings. The fraction of sp³-hybridized carbons (Fsp3) is 0.364. The molecule has 656 valence electrons. The fourth-order valence-electron chi connectivity index (χ4n) is 16.2. The third-order valence-electron chi connectivity index (χ3n) is 21.8. The topological polar surface area (TPSA) is 360 Å². The first-order valence-electron chi connectivity index (χ1n) is 40.6. The summed E-state index contributed by atoms with van der Waals surface area (Å²) in [4.78, 5) is 152. The number of para-hydroxylation sites is 4. The zero-order chi connectivity index (χ0) is 89.5. The van der Waals surface area contributed by atoms with E-state index < -0.39 is 67.2 Å². The van der Waals surface area contributed by atoms with Crippen LogP contribution in [0.1, 0.15) is 95.2 Å². The van der Waals surface area contributed by atoms with Crippen molar-refractivity contribution < 1.29 is 65.1 Å². The number of aryl methyl sites for hydroxylation is 1. The van der Waals surface area contributed by atoms with Gasteiger partial charge in [0.1, 0.15) is 29.2 Å². The summed E-state index contributed by atoms with van der Waals surface area (Å²) >= 11 is 1.40. The van der Waals surface area contributed by atoms with E-state index in [0.29, 0.717) is 114 Å². The zero-order valence-electron chi connectivity index (χ0n) is 70.1. The van der Waals surface area contributed by atoms with E-state index in [1.807, 2.05) is 142 Å². The summed E-state index contributed by atoms with van der Waals surface area (Å²) in [6.07, 6.45) is 1.53. The lowest BCUT2D eigenvalue weighted by Crippen LogP contribution is -2.49. The SMILES string of the molecule is CC(C)(C)Cn1c(=O)c([N+](=O)[O-])c(N2CCN(C(=O)c3ccco3)CC2)c2ccccc21.CC(C)(C)Cn1c(=O)c([N+](=O)[O-])c(N2CCN(C(=O)c3cccs3)CC2)c2ccccc21.CCOC(=O)c1c(N2CCN(Cc3ccoc3)CC2)c2ccccc2n(C)c1=O.O=C(c1ccco1)N1CCN(c2c([N+](=O)[O-])c(=O)n(CC(F)(F)F)c3ccccc23)CC1. The van der Waals surface area contributed by atoms with Crippen LogP contribution in [-0.4, -0.2) is 194 Å². The van der Waals surface area contributed by atoms with Crippen molar-refractivity contribution in [3.05, 3.63) is 269 Å². The Labute approximate surface area is 716 Å². The lowest BCUT2D eigenvalue weighted by molar-refractivity contribution is -0.385. The first-order chi connectivity index (χ1) is 59.6. The second-order valence-electron chi connectivity index (χ2n) is 32.8. The van der Waals surface area contributed by atoms with Crippen LogP contribution in [0.2, 0.25) is 0 Å². The number of nitrogens with zero attached hydrogens (tertiary/aromatic N) is 15. The van der Waals surface area contributed by atoms with Crippen molar-refractivity contribution in [2.45, 2.75) is 80.8 Å². The molecule has 4 fully saturated rings. The lowest BCUT2D eigenvalue weighted by Gasteiger charge is -2.37. The van der Waals surface area contributed by atoms with Gasteiger partial charge in [-0.3, -0.25) is 73.4 Å². The summed E-state index contributed by atoms with van der Waals surface area (Å²) in [5.41, 5.74) is -0.339. The van der Waals surface area contributed by atoms with E-state index in [1.54, 1.807) is 65.5 Å². The number of halogens is 3. The number of esters is 1. The van der Waals surface area contributed by atoms with E-state index in [4.69, 9.17) is 18.0 Å². The van der Waals surface area contributed by atoms with Gasteiger partial charge in [-0.05, 0) is 83.8 Å². The highest BCUT2D eigenvalue weighted by atomic mass is 32.1. The fourth-order valence-corrected chi connectivity index (χ4v) is 16.9. The molecule has 0 unspecified atom stereocenters. The Kier molecular flexibility index (Phi) is 26.8. The maximum absolute atomic E-state index is 13.3. The number of carbonyl (C=O) groups is 4. The number of nitro groups is 3. The molecule has 37 heteroatoms. The highest BCUT2D eigenvalue weighted by Crippen LogP contribution is 2.40. The average Bonchev–Trinajstić information content (AvgIpc) is 1.17. The van der Waals surface area contributed by atoms with Gasteiger partial charge in [0.15, 0.2) is 11.5 Å². The van der Waals surface area contributed by atoms with Crippen LogP contribution in [0.25, 0.3) is 43.6 Å². The monoisotopic (exact) mass is 1740 g/mol. The molecule has 0 aliphatic carbocycles. The number of hydrogen-bond acceptors (Lipinski definition) is 24. The van der Waals surface area contributed by atoms with E-state index in [2.05, 4.69) is 9.80 Å². The predicted molar refractivity (Wildman–Crippen MR) is 467 cm³/mol. The van der Waals surface area contributed by atoms with Gasteiger partial charge in [-0.15, -0.1) is 11.3 Å². The summed E-state index contributed by atoms with van der Waals surface area (Å²) in [5, 5.41) is 40.2. The number of alkyl halides is 3. The lowest BCUT2D eigenvalue weighted by atomic mass is 9.96. The molecule has 0 bridgehead atoms. The van der Waals surface area contributed by atoms with Gasteiger partial charge in [0.25, 0.3) is 23.3 Å². The van der Waals surface area contributed by atoms with Crippen molar-refractivity contribution >= 4 is 118 Å². The van der Waals surface area contributed by atoms with Gasteiger partial charge >= 0.3 is 45.9 Å². The summed E-state index contributed by atoms with van der Waals surface area (Å²) in [7, 11) is 1.69. The van der Waals surface area contributed by atoms with Crippen LogP contribution in [0.3, 0.4) is 0 Å². The summed E-state index contributed by atoms with van der Waals surface area (Å²) in [5.74, 6) is -0.720. The molecule has 4 aliphatic rings. The molecule has 0 saturated carbocycles. The van der Waals surface area contributed by atoms with Crippen molar-refractivity contribution in [3.63, 3.8) is 0 Å². The quantitative estimate of drug-likeness (QED) is 0.0464. The molecular formula is C88H94F3N15O18S. The standard InChI is InChI=1S/C23H26N4O5.C23H26N4O4S.C22H25N3O4.C20H17F3N4O5/c2*1-23(2,3)15-26-17-8-5-4-7-16(17)19(20(22(26)29)27(30)31)24-10-12-25(13-11-24)21(28)18-9-6-14-32-18;1-3-29-22(27)19-20(17-6-4-5-7-18(17)23(2)21(19)26)25-11-9-24(10-12-25)14-16-8-13-28-15-16;21-20(22,23)12-26-14-5-2-1-4-13(14)16(17(19(26)29)27(30)31)24-7-9-25(10-8-24)18(28)15-6-3-11-32-15/h2*4-9,14H,10-13,15H2,1-3H3;4-8,13,15H,3,9-12,14H2,1-2H3;1-6,11H,7-10,12H2. The first-order valence-corrected chi connectivity index (χ1v) is 41.5. The summed E-state index contributed by atoms with van der Waals surface area (Å²) in [6.45, 7) is 20.9. The van der Waals surface area contributed by atoms with Crippen molar-refractivity contribution in [1.29, 1.82) is 0 Å². The zero-order valence-corrected chi connectivity index (χ0v) is 70.9. The largest absolute Gasteiger partial charge is 0.472 e. The Morgan fingerprint density at radius 2 is 0.808 bits per heavy atom. The summed E-state index contributed by atoms with van der Waals surface area (Å²) < 4.78 is 64.9. The number of piperazine rings is 4. The van der Waals surface area contributed by atoms with Crippen molar-refractivity contribution in [3.8, 4) is 0 Å². The second-order valence-corrected chi connectivity index (χ2v) is 33.8. The van der Waals surface area contributed by atoms with E-state index in [9.17, 15) is 81.9 Å². The van der Waals surface area contributed by atoms with Gasteiger partial charge in [0, 0.05) is 159 Å². The Hall–Kier alpha value is -13.7. The number of ether oxygens (including phenoxy) is 1. The molecule has 4 saturated heterocycles. The minimum Gasteiger partial charge on any atom is -0.472 e. The number of anilines is 4. The van der Waals surface area contributed by atoms with E-state index in [0.717, 1.165) is 49.2 Å². The van der Waals surface area contributed by atoms with Crippen molar-refractivity contribution in [2.24, 2.45) is 17.9 Å². The van der Waals surface area contributed by atoms with E-state index in [-0.39, 0.29) is 101 Å². The molecule has 0 spiro atoms. The number of furan rings is 3. The van der Waals surface area contributed by atoms with Gasteiger partial charge in [-0.25, -0.2) is 4.79 Å². The minimum absolute atomic E-state index is 0.0281. The van der Waals surface area contributed by atoms with Crippen LogP contribution in [0.5, 0.6) is 0 Å². The van der Waals surface area contributed by atoms with Crippen LogP contribution < -0.4 is 41.8 Å². The molecule has 4 aromatic carbocycles. The Bertz CT molecular complexity index is 5780. The highest BCUT2D eigenvalue weighted by Gasteiger charge is 2.40. The molecule has 4 aliphatic heterocycles. The van der Waals surface area contributed by atoms with Crippen LogP contribution in [0.15, 0.2) is 202 Å². The van der Waals surface area contributed by atoms with Crippen molar-refractivity contribution in [2.75, 3.05) is 131 Å². The molecule has 16 rings (SSSR count). The number of hydrogen-bond donors (Lipinski definition) is 0. The number of carbonyl (C=O) groups excluding carboxylic acids is 4. The minimum atomic E-state index is -4.74. The first kappa shape index (κ1) is 89.1. The molecular weight excluding hydrogens is 1640 g/mol. The van der Waals surface area contributed by atoms with Crippen LogP contribution in [0.4, 0.5) is 53.0 Å². The predicted octanol–water partition coefficient (Wildman–Crippen LogP) is 13.1. The number of benzene rings is 4. The number of aromatic nitrogens is 4. The maximum atomic E-state index is 13.3. The van der Waals surface area contributed by atoms with E-state index >= 15 is 0 Å². The van der Waals surface area contributed by atoms with Gasteiger partial charge < -0.3 is 66.0 Å². The number of pyridine rings is 4. The maximum Gasteiger partial charge on any atom is 0.406 e. The van der Waals surface area contributed by atoms with Gasteiger partial charge in [-0.2, -0.15) is 13.2 Å². The summed E-state index contributed by atoms with van der Waals surface area (Å²) in [6, 6.07) is 40.1. The third kappa shape index (κ3) is 19.7. The normalized spacial score (nSPS) is 14.8. The van der Waals surface area contributed by atoms with Gasteiger partial charge in [0.2, 0.25) is 0 Å². The van der Waals surface area contributed by atoms with Gasteiger partial charge in [0.05, 0.1) is 79.1 Å². The molecule has 33 nitrogen and oxygen atoms in total. The molecule has 12 heterocycles. The number of fused-ring (bicyclic) bond motifs is 4. The molecule has 8 aromatic heterocycles. The van der Waals surface area contributed by atoms with Crippen LogP contribution >= 0.6 is 11.3 Å². The number of amides is 3. The van der Waals surface area contributed by atoms with Crippen molar-refractivity contribution in [1.82, 2.24) is 37.9 Å². The van der Waals surface area contributed by atoms with E-state index in [1.165, 1.54) is 72.8 Å². The second kappa shape index (κ2) is 37.6. The number of rotatable bonds is 17. The molecule has 0 radical (unpaired) electrons.